The second-order valence-corrected chi connectivity index (χ2v) is 16.3. The highest BCUT2D eigenvalue weighted by Gasteiger charge is 2.76. The van der Waals surface area contributed by atoms with Crippen LogP contribution in [0.3, 0.4) is 0 Å². The van der Waals surface area contributed by atoms with Gasteiger partial charge in [0.1, 0.15) is 0 Å². The van der Waals surface area contributed by atoms with Crippen molar-refractivity contribution in [2.75, 3.05) is 5.75 Å². The lowest BCUT2D eigenvalue weighted by molar-refractivity contribution is -0.205. The molecule has 1 aromatic heterocycles. The van der Waals surface area contributed by atoms with Crippen LogP contribution in [0.4, 0.5) is 0 Å². The number of thiazole rings is 1. The third-order valence-electron chi connectivity index (χ3n) is 12.1. The van der Waals surface area contributed by atoms with Gasteiger partial charge in [-0.3, -0.25) is 9.59 Å². The van der Waals surface area contributed by atoms with Crippen molar-refractivity contribution in [1.29, 1.82) is 0 Å². The van der Waals surface area contributed by atoms with Gasteiger partial charge in [0.25, 0.3) is 0 Å². The lowest BCUT2D eigenvalue weighted by Crippen LogP contribution is -2.63. The molecule has 0 bridgehead atoms. The maximum Gasteiger partial charge on any atom is 0.178 e. The molecule has 9 atom stereocenters. The molecule has 1 saturated heterocycles. The van der Waals surface area contributed by atoms with Crippen molar-refractivity contribution < 1.29 is 24.2 Å². The number of carbonyl (C=O) groups is 2. The van der Waals surface area contributed by atoms with Gasteiger partial charge in [-0.2, -0.15) is 0 Å². The second kappa shape index (κ2) is 9.83. The molecule has 0 amide bonds. The van der Waals surface area contributed by atoms with Crippen molar-refractivity contribution in [3.05, 3.63) is 48.1 Å². The standard InChI is InChI=1S/C34H39NO5S2/c1-32-14-13-21(36)15-20(32)11-12-22-23-16-28-34(33(23,2)17-25(37)29(22)32,40-30(39-28)19-7-3-4-8-19)27(38)18-41-31-35-24-9-5-6-10-26(24)42-31/h5-6,9-10,13-15,19,22-23,25,28-30,37H,3-4,7-8,11-12,16-18H2,1-2H3/t22?,23?,25-,28-,29?,30?,32?,33?,34+/m0/s1. The molecule has 2 heterocycles. The van der Waals surface area contributed by atoms with E-state index in [1.165, 1.54) is 24.6 Å². The molecule has 2 aromatic rings. The summed E-state index contributed by atoms with van der Waals surface area (Å²) >= 11 is 3.13. The van der Waals surface area contributed by atoms with Crippen molar-refractivity contribution in [2.45, 2.75) is 93.7 Å². The fourth-order valence-electron chi connectivity index (χ4n) is 10.2. The minimum absolute atomic E-state index is 0.00801. The van der Waals surface area contributed by atoms with Gasteiger partial charge in [-0.1, -0.05) is 62.2 Å². The molecular weight excluding hydrogens is 567 g/mol. The van der Waals surface area contributed by atoms with Crippen molar-refractivity contribution in [1.82, 2.24) is 4.98 Å². The maximum absolute atomic E-state index is 14.7. The highest BCUT2D eigenvalue weighted by molar-refractivity contribution is 8.01. The van der Waals surface area contributed by atoms with Gasteiger partial charge in [0.05, 0.1) is 28.2 Å². The summed E-state index contributed by atoms with van der Waals surface area (Å²) in [5.41, 5.74) is 0.146. The molecule has 5 fully saturated rings. The van der Waals surface area contributed by atoms with E-state index >= 15 is 0 Å². The first-order valence-electron chi connectivity index (χ1n) is 15.7. The van der Waals surface area contributed by atoms with Gasteiger partial charge >= 0.3 is 0 Å². The molecule has 5 aliphatic carbocycles. The summed E-state index contributed by atoms with van der Waals surface area (Å²) in [6.45, 7) is 4.41. The normalized spacial score (nSPS) is 42.7. The first kappa shape index (κ1) is 27.7. The van der Waals surface area contributed by atoms with E-state index in [1.807, 2.05) is 24.3 Å². The Kier molecular flexibility index (Phi) is 6.48. The van der Waals surface area contributed by atoms with Crippen LogP contribution >= 0.6 is 23.1 Å². The van der Waals surface area contributed by atoms with Crippen LogP contribution in [0.25, 0.3) is 10.2 Å². The number of para-hydroxylation sites is 1. The highest BCUT2D eigenvalue weighted by atomic mass is 32.2. The Hall–Kier alpha value is -1.84. The molecule has 1 N–H and O–H groups in total. The first-order chi connectivity index (χ1) is 20.2. The monoisotopic (exact) mass is 605 g/mol. The Balaban J connectivity index is 1.14. The smallest absolute Gasteiger partial charge is 0.178 e. The van der Waals surface area contributed by atoms with Crippen LogP contribution < -0.4 is 0 Å². The number of carbonyl (C=O) groups excluding carboxylic acids is 2. The Morgan fingerprint density at radius 1 is 1.19 bits per heavy atom. The predicted octanol–water partition coefficient (Wildman–Crippen LogP) is 6.52. The number of aliphatic hydroxyl groups excluding tert-OH is 1. The van der Waals surface area contributed by atoms with Gasteiger partial charge in [0.15, 0.2) is 27.8 Å². The van der Waals surface area contributed by atoms with E-state index in [0.717, 1.165) is 52.2 Å². The van der Waals surface area contributed by atoms with Crippen LogP contribution in [0.15, 0.2) is 52.4 Å². The maximum atomic E-state index is 14.7. The number of thioether (sulfide) groups is 1. The fourth-order valence-corrected chi connectivity index (χ4v) is 12.2. The van der Waals surface area contributed by atoms with Crippen LogP contribution in [-0.2, 0) is 19.1 Å². The number of rotatable bonds is 5. The molecule has 6 aliphatic rings. The van der Waals surface area contributed by atoms with Crippen LogP contribution in [0.5, 0.6) is 0 Å². The fraction of sp³-hybridized carbons (Fsp3) is 0.618. The Labute approximate surface area is 255 Å². The summed E-state index contributed by atoms with van der Waals surface area (Å²) < 4.78 is 15.8. The Bertz CT molecular complexity index is 1480. The number of ketones is 2. The molecule has 6 nitrogen and oxygen atoms in total. The number of aromatic nitrogens is 1. The highest BCUT2D eigenvalue weighted by Crippen LogP contribution is 2.70. The summed E-state index contributed by atoms with van der Waals surface area (Å²) in [7, 11) is 0. The minimum Gasteiger partial charge on any atom is -0.393 e. The third-order valence-corrected chi connectivity index (χ3v) is 14.2. The van der Waals surface area contributed by atoms with Crippen molar-refractivity contribution >= 4 is 44.9 Å². The first-order valence-corrected chi connectivity index (χ1v) is 17.5. The van der Waals surface area contributed by atoms with Crippen molar-refractivity contribution in [3.8, 4) is 0 Å². The molecule has 8 rings (SSSR count). The second-order valence-electron chi connectivity index (χ2n) is 14.0. The average molecular weight is 606 g/mol. The van der Waals surface area contributed by atoms with Crippen LogP contribution in [-0.4, -0.2) is 51.5 Å². The Morgan fingerprint density at radius 2 is 2.00 bits per heavy atom. The summed E-state index contributed by atoms with van der Waals surface area (Å²) in [5.74, 6) is 1.16. The number of nitrogens with zero attached hydrogens (tertiary/aromatic N) is 1. The predicted molar refractivity (Wildman–Crippen MR) is 163 cm³/mol. The van der Waals surface area contributed by atoms with Crippen LogP contribution in [0, 0.1) is 34.5 Å². The zero-order valence-electron chi connectivity index (χ0n) is 24.3. The van der Waals surface area contributed by atoms with E-state index in [-0.39, 0.29) is 52.9 Å². The zero-order valence-corrected chi connectivity index (χ0v) is 25.9. The number of Topliss-reactive ketones (excluding diaryl/α,β-unsaturated/α-hetero) is 1. The number of hydrogen-bond donors (Lipinski definition) is 1. The van der Waals surface area contributed by atoms with E-state index in [4.69, 9.17) is 14.5 Å². The topological polar surface area (TPSA) is 85.7 Å². The number of benzene rings is 1. The number of hydrogen-bond acceptors (Lipinski definition) is 8. The molecular formula is C34H39NO5S2. The molecule has 1 aromatic carbocycles. The van der Waals surface area contributed by atoms with Crippen molar-refractivity contribution in [2.24, 2.45) is 34.5 Å². The Morgan fingerprint density at radius 3 is 2.81 bits per heavy atom. The molecule has 1 aliphatic heterocycles. The van der Waals surface area contributed by atoms with E-state index in [9.17, 15) is 14.7 Å². The number of ether oxygens (including phenoxy) is 2. The summed E-state index contributed by atoms with van der Waals surface area (Å²) in [6.07, 6.45) is 11.8. The van der Waals surface area contributed by atoms with E-state index in [0.29, 0.717) is 12.3 Å². The molecule has 42 heavy (non-hydrogen) atoms. The van der Waals surface area contributed by atoms with Gasteiger partial charge in [-0.15, -0.1) is 11.3 Å². The molecule has 6 unspecified atom stereocenters. The molecule has 0 radical (unpaired) electrons. The van der Waals surface area contributed by atoms with Gasteiger partial charge in [0, 0.05) is 22.7 Å². The average Bonchev–Trinajstić information content (AvgIpc) is 3.75. The van der Waals surface area contributed by atoms with Gasteiger partial charge in [-0.05, 0) is 74.6 Å². The van der Waals surface area contributed by atoms with Gasteiger partial charge in [-0.25, -0.2) is 4.98 Å². The summed E-state index contributed by atoms with van der Waals surface area (Å²) in [4.78, 5) is 31.7. The zero-order chi connectivity index (χ0) is 28.9. The number of allylic oxidation sites excluding steroid dienone is 4. The number of aliphatic hydroxyl groups is 1. The SMILES string of the molecule is CC12C=CC(=O)C=C1CCC1C2[C@@H](O)CC2(C)C1C[C@@H]1OC(C3CCCC3)O[C@]12C(=O)CSc1nc2ccccc2s1. The van der Waals surface area contributed by atoms with E-state index in [2.05, 4.69) is 19.9 Å². The summed E-state index contributed by atoms with van der Waals surface area (Å²) in [6, 6.07) is 8.09. The third kappa shape index (κ3) is 3.84. The van der Waals surface area contributed by atoms with Crippen LogP contribution in [0.1, 0.15) is 65.2 Å². The minimum atomic E-state index is -1.07. The van der Waals surface area contributed by atoms with Crippen LogP contribution in [0.2, 0.25) is 0 Å². The lowest BCUT2D eigenvalue weighted by Gasteiger charge is -2.59. The largest absolute Gasteiger partial charge is 0.393 e. The quantitative estimate of drug-likeness (QED) is 0.389. The number of fused-ring (bicyclic) bond motifs is 8. The molecule has 8 heteroatoms. The lowest BCUT2D eigenvalue weighted by atomic mass is 9.46. The van der Waals surface area contributed by atoms with E-state index in [1.54, 1.807) is 23.5 Å². The van der Waals surface area contributed by atoms with Gasteiger partial charge < -0.3 is 14.6 Å². The van der Waals surface area contributed by atoms with Gasteiger partial charge in [0.2, 0.25) is 0 Å². The molecule has 4 saturated carbocycles. The van der Waals surface area contributed by atoms with E-state index < -0.39 is 17.1 Å². The van der Waals surface area contributed by atoms with Crippen molar-refractivity contribution in [3.63, 3.8) is 0 Å². The molecule has 0 spiro atoms. The molecule has 222 valence electrons. The summed E-state index contributed by atoms with van der Waals surface area (Å²) in [5, 5.41) is 12.0.